The zero-order chi connectivity index (χ0) is 20.8. The lowest BCUT2D eigenvalue weighted by molar-refractivity contribution is 0.265. The highest BCUT2D eigenvalue weighted by Gasteiger charge is 2.33. The molecule has 0 amide bonds. The molecule has 1 fully saturated rings. The van der Waals surface area contributed by atoms with Gasteiger partial charge in [-0.05, 0) is 31.9 Å². The van der Waals surface area contributed by atoms with Gasteiger partial charge in [0.1, 0.15) is 12.4 Å². The molecule has 4 rings (SSSR count). The van der Waals surface area contributed by atoms with Gasteiger partial charge >= 0.3 is 5.76 Å². The smallest absolute Gasteiger partial charge is 0.408 e. The number of aliphatic hydroxyl groups is 1. The third-order valence-electron chi connectivity index (χ3n) is 5.48. The van der Waals surface area contributed by atoms with Crippen molar-refractivity contribution in [2.24, 2.45) is 7.05 Å². The standard InChI is InChI=1S/C18H23N5O5S/c1-3-23-14-7-6-13(9-15(14)28-18(23)25)29(26,27)22-8-4-5-12(10-22)17-20-19-16(11-24)21(17)2/h6-7,9,12,24H,3-5,8,10-11H2,1-2H3. The molecular weight excluding hydrogens is 398 g/mol. The number of sulfonamides is 1. The molecule has 0 spiro atoms. The Morgan fingerprint density at radius 2 is 2.10 bits per heavy atom. The Balaban J connectivity index is 1.65. The Morgan fingerprint density at radius 1 is 1.31 bits per heavy atom. The minimum absolute atomic E-state index is 0.0941. The number of piperidine rings is 1. The second-order valence-electron chi connectivity index (χ2n) is 7.14. The molecule has 0 aliphatic carbocycles. The number of hydrogen-bond donors (Lipinski definition) is 1. The molecule has 1 atom stereocenters. The van der Waals surface area contributed by atoms with Crippen LogP contribution in [0.4, 0.5) is 0 Å². The summed E-state index contributed by atoms with van der Waals surface area (Å²) in [5.74, 6) is 0.493. The third kappa shape index (κ3) is 3.28. The molecule has 11 heteroatoms. The van der Waals surface area contributed by atoms with Crippen LogP contribution in [0.5, 0.6) is 0 Å². The normalized spacial score (nSPS) is 18.5. The number of oxazole rings is 1. The van der Waals surface area contributed by atoms with Crippen molar-refractivity contribution >= 4 is 21.1 Å². The molecule has 0 bridgehead atoms. The van der Waals surface area contributed by atoms with Gasteiger partial charge in [-0.2, -0.15) is 4.31 Å². The second-order valence-corrected chi connectivity index (χ2v) is 9.07. The van der Waals surface area contributed by atoms with Crippen molar-refractivity contribution in [3.8, 4) is 0 Å². The molecule has 0 saturated carbocycles. The van der Waals surface area contributed by atoms with Gasteiger partial charge in [0.25, 0.3) is 0 Å². The molecule has 1 N–H and O–H groups in total. The van der Waals surface area contributed by atoms with Crippen LogP contribution in [-0.2, 0) is 30.2 Å². The summed E-state index contributed by atoms with van der Waals surface area (Å²) in [6.07, 6.45) is 1.48. The molecule has 1 saturated heterocycles. The van der Waals surface area contributed by atoms with E-state index in [0.717, 1.165) is 6.42 Å². The van der Waals surface area contributed by atoms with Crippen LogP contribution >= 0.6 is 0 Å². The molecule has 156 valence electrons. The van der Waals surface area contributed by atoms with E-state index in [9.17, 15) is 18.3 Å². The van der Waals surface area contributed by atoms with Crippen LogP contribution in [-0.4, -0.2) is 50.3 Å². The number of hydrogen-bond acceptors (Lipinski definition) is 7. The molecule has 29 heavy (non-hydrogen) atoms. The van der Waals surface area contributed by atoms with Gasteiger partial charge < -0.3 is 14.1 Å². The molecule has 2 aromatic heterocycles. The van der Waals surface area contributed by atoms with Gasteiger partial charge in [0.15, 0.2) is 11.4 Å². The SMILES string of the molecule is CCn1c(=O)oc2cc(S(=O)(=O)N3CCCC(c4nnc(CO)n4C)C3)ccc21. The Labute approximate surface area is 167 Å². The van der Waals surface area contributed by atoms with Crippen molar-refractivity contribution < 1.29 is 17.9 Å². The maximum atomic E-state index is 13.2. The Morgan fingerprint density at radius 3 is 2.79 bits per heavy atom. The van der Waals surface area contributed by atoms with Crippen LogP contribution in [0.15, 0.2) is 32.3 Å². The monoisotopic (exact) mass is 421 g/mol. The van der Waals surface area contributed by atoms with E-state index in [0.29, 0.717) is 36.7 Å². The van der Waals surface area contributed by atoms with E-state index in [4.69, 9.17) is 4.42 Å². The minimum Gasteiger partial charge on any atom is -0.408 e. The summed E-state index contributed by atoms with van der Waals surface area (Å²) in [5.41, 5.74) is 0.830. The van der Waals surface area contributed by atoms with Gasteiger partial charge in [0.05, 0.1) is 10.4 Å². The lowest BCUT2D eigenvalue weighted by Crippen LogP contribution is -2.39. The number of rotatable bonds is 5. The van der Waals surface area contributed by atoms with E-state index in [1.807, 2.05) is 6.92 Å². The van der Waals surface area contributed by atoms with Gasteiger partial charge in [0, 0.05) is 38.7 Å². The first-order valence-corrected chi connectivity index (χ1v) is 10.9. The number of aryl methyl sites for hydroxylation is 1. The van der Waals surface area contributed by atoms with Crippen LogP contribution in [0, 0.1) is 0 Å². The fourth-order valence-electron chi connectivity index (χ4n) is 3.90. The zero-order valence-corrected chi connectivity index (χ0v) is 17.1. The predicted molar refractivity (Wildman–Crippen MR) is 104 cm³/mol. The third-order valence-corrected chi connectivity index (χ3v) is 7.34. The fourth-order valence-corrected chi connectivity index (χ4v) is 5.44. The molecule has 1 aromatic carbocycles. The van der Waals surface area contributed by atoms with Crippen molar-refractivity contribution in [3.63, 3.8) is 0 Å². The number of aromatic nitrogens is 4. The first-order valence-electron chi connectivity index (χ1n) is 9.49. The summed E-state index contributed by atoms with van der Waals surface area (Å²) in [6, 6.07) is 4.52. The van der Waals surface area contributed by atoms with E-state index >= 15 is 0 Å². The number of fused-ring (bicyclic) bond motifs is 1. The summed E-state index contributed by atoms with van der Waals surface area (Å²) in [7, 11) is -1.99. The van der Waals surface area contributed by atoms with Crippen LogP contribution < -0.4 is 5.76 Å². The highest BCUT2D eigenvalue weighted by molar-refractivity contribution is 7.89. The summed E-state index contributed by atoms with van der Waals surface area (Å²) >= 11 is 0. The topological polar surface area (TPSA) is 123 Å². The Kier molecular flexibility index (Phi) is 5.05. The van der Waals surface area contributed by atoms with Crippen molar-refractivity contribution in [1.29, 1.82) is 0 Å². The number of benzene rings is 1. The van der Waals surface area contributed by atoms with E-state index in [-0.39, 0.29) is 29.5 Å². The average Bonchev–Trinajstić information content (AvgIpc) is 3.25. The van der Waals surface area contributed by atoms with Gasteiger partial charge in [-0.25, -0.2) is 13.2 Å². The van der Waals surface area contributed by atoms with E-state index in [2.05, 4.69) is 10.2 Å². The van der Waals surface area contributed by atoms with E-state index in [1.165, 1.54) is 21.0 Å². The van der Waals surface area contributed by atoms with Crippen LogP contribution in [0.1, 0.15) is 37.3 Å². The maximum absolute atomic E-state index is 13.2. The molecule has 3 aromatic rings. The molecular formula is C18H23N5O5S. The maximum Gasteiger partial charge on any atom is 0.419 e. The summed E-state index contributed by atoms with van der Waals surface area (Å²) in [5, 5.41) is 17.4. The minimum atomic E-state index is -3.76. The van der Waals surface area contributed by atoms with E-state index in [1.54, 1.807) is 17.7 Å². The first kappa shape index (κ1) is 19.8. The fraction of sp³-hybridized carbons (Fsp3) is 0.500. The van der Waals surface area contributed by atoms with Crippen molar-refractivity contribution in [2.75, 3.05) is 13.1 Å². The molecule has 1 unspecified atom stereocenters. The average molecular weight is 421 g/mol. The highest BCUT2D eigenvalue weighted by atomic mass is 32.2. The molecule has 0 radical (unpaired) electrons. The Hall–Kier alpha value is -2.50. The van der Waals surface area contributed by atoms with Gasteiger partial charge in [-0.1, -0.05) is 0 Å². The van der Waals surface area contributed by atoms with Crippen LogP contribution in [0.2, 0.25) is 0 Å². The summed E-state index contributed by atoms with van der Waals surface area (Å²) < 4.78 is 36.3. The van der Waals surface area contributed by atoms with Gasteiger partial charge in [-0.15, -0.1) is 10.2 Å². The van der Waals surface area contributed by atoms with Crippen LogP contribution in [0.25, 0.3) is 11.1 Å². The van der Waals surface area contributed by atoms with Gasteiger partial charge in [-0.3, -0.25) is 4.57 Å². The number of nitrogens with zero attached hydrogens (tertiary/aromatic N) is 5. The quantitative estimate of drug-likeness (QED) is 0.646. The lowest BCUT2D eigenvalue weighted by Gasteiger charge is -2.31. The molecule has 1 aliphatic heterocycles. The summed E-state index contributed by atoms with van der Waals surface area (Å²) in [6.45, 7) is 2.73. The molecule has 3 heterocycles. The zero-order valence-electron chi connectivity index (χ0n) is 16.3. The Bertz CT molecular complexity index is 1210. The van der Waals surface area contributed by atoms with Crippen molar-refractivity contribution in [3.05, 3.63) is 40.4 Å². The van der Waals surface area contributed by atoms with Crippen molar-refractivity contribution in [2.45, 2.75) is 43.7 Å². The predicted octanol–water partition coefficient (Wildman–Crippen LogP) is 0.803. The van der Waals surface area contributed by atoms with E-state index < -0.39 is 15.8 Å². The largest absolute Gasteiger partial charge is 0.419 e. The highest BCUT2D eigenvalue weighted by Crippen LogP contribution is 2.30. The number of aliphatic hydroxyl groups excluding tert-OH is 1. The lowest BCUT2D eigenvalue weighted by atomic mass is 9.99. The first-order chi connectivity index (χ1) is 13.9. The second kappa shape index (κ2) is 7.39. The van der Waals surface area contributed by atoms with Crippen LogP contribution in [0.3, 0.4) is 0 Å². The van der Waals surface area contributed by atoms with Crippen molar-refractivity contribution in [1.82, 2.24) is 23.6 Å². The van der Waals surface area contributed by atoms with Gasteiger partial charge in [0.2, 0.25) is 10.0 Å². The molecule has 1 aliphatic rings. The summed E-state index contributed by atoms with van der Waals surface area (Å²) in [4.78, 5) is 12.0. The molecule has 10 nitrogen and oxygen atoms in total.